The Morgan fingerprint density at radius 2 is 2.07 bits per heavy atom. The quantitative estimate of drug-likeness (QED) is 0.576. The zero-order valence-electron chi connectivity index (χ0n) is 6.94. The molecule has 0 fully saturated rings. The maximum absolute atomic E-state index is 10.1. The van der Waals surface area contributed by atoms with Crippen LogP contribution >= 0.6 is 15.9 Å². The molecule has 5 heteroatoms. The van der Waals surface area contributed by atoms with Gasteiger partial charge < -0.3 is 0 Å². The van der Waals surface area contributed by atoms with Crippen LogP contribution in [0.25, 0.3) is 11.0 Å². The van der Waals surface area contributed by atoms with Crippen molar-refractivity contribution in [1.82, 2.24) is 9.97 Å². The minimum absolute atomic E-state index is 0.507. The van der Waals surface area contributed by atoms with Crippen LogP contribution in [0.1, 0.15) is 0 Å². The second-order valence-corrected chi connectivity index (χ2v) is 3.32. The Kier molecular flexibility index (Phi) is 2.35. The number of fused-ring (bicyclic) bond motifs is 1. The fourth-order valence-electron chi connectivity index (χ4n) is 1.13. The Labute approximate surface area is 87.8 Å². The van der Waals surface area contributed by atoms with Gasteiger partial charge >= 0.3 is 0 Å². The zero-order valence-corrected chi connectivity index (χ0v) is 8.52. The van der Waals surface area contributed by atoms with Crippen LogP contribution in [-0.4, -0.2) is 16.0 Å². The van der Waals surface area contributed by atoms with E-state index in [1.54, 1.807) is 24.5 Å². The third-order valence-electron chi connectivity index (χ3n) is 1.72. The summed E-state index contributed by atoms with van der Waals surface area (Å²) in [6.07, 6.45) is 4.68. The molecule has 0 amide bonds. The average Bonchev–Trinajstić information content (AvgIpc) is 2.23. The lowest BCUT2D eigenvalue weighted by molar-refractivity contribution is 0.565. The molecule has 0 aliphatic heterocycles. The predicted octanol–water partition coefficient (Wildman–Crippen LogP) is 2.36. The van der Waals surface area contributed by atoms with Crippen LogP contribution in [0.5, 0.6) is 0 Å². The van der Waals surface area contributed by atoms with Gasteiger partial charge in [0.25, 0.3) is 0 Å². The highest BCUT2D eigenvalue weighted by atomic mass is 79.9. The van der Waals surface area contributed by atoms with E-state index in [0.717, 1.165) is 5.52 Å². The Bertz CT molecular complexity index is 535. The molecule has 0 saturated carbocycles. The molecular weight excluding hydrogens is 246 g/mol. The molecular formula is C9H4BrN3O. The lowest BCUT2D eigenvalue weighted by Gasteiger charge is -1.99. The van der Waals surface area contributed by atoms with E-state index in [2.05, 4.69) is 30.9 Å². The second kappa shape index (κ2) is 3.65. The van der Waals surface area contributed by atoms with E-state index < -0.39 is 0 Å². The van der Waals surface area contributed by atoms with Gasteiger partial charge in [-0.2, -0.15) is 4.99 Å². The minimum Gasteiger partial charge on any atom is -0.253 e. The van der Waals surface area contributed by atoms with E-state index in [-0.39, 0.29) is 0 Å². The first-order valence-corrected chi connectivity index (χ1v) is 4.59. The Morgan fingerprint density at radius 1 is 1.29 bits per heavy atom. The van der Waals surface area contributed by atoms with Crippen molar-refractivity contribution in [1.29, 1.82) is 0 Å². The Hall–Kier alpha value is -1.58. The Morgan fingerprint density at radius 3 is 2.86 bits per heavy atom. The zero-order chi connectivity index (χ0) is 9.97. The van der Waals surface area contributed by atoms with Crippen molar-refractivity contribution < 1.29 is 4.79 Å². The van der Waals surface area contributed by atoms with E-state index in [4.69, 9.17) is 0 Å². The molecule has 0 saturated heterocycles. The molecule has 14 heavy (non-hydrogen) atoms. The fraction of sp³-hybridized carbons (Fsp3) is 0. The molecule has 1 aromatic heterocycles. The molecule has 0 atom stereocenters. The molecule has 4 nitrogen and oxygen atoms in total. The van der Waals surface area contributed by atoms with E-state index in [1.807, 2.05) is 0 Å². The number of aromatic nitrogens is 2. The Balaban J connectivity index is 2.81. The molecule has 0 unspecified atom stereocenters. The standard InChI is InChI=1S/C9H4BrN3O/c10-8-6(13-5-14)1-2-7-9(8)12-4-3-11-7/h1-4H. The van der Waals surface area contributed by atoms with E-state index in [1.165, 1.54) is 6.08 Å². The normalized spacial score (nSPS) is 9.79. The molecule has 2 aromatic rings. The van der Waals surface area contributed by atoms with Gasteiger partial charge in [-0.25, -0.2) is 4.79 Å². The number of carbonyl (C=O) groups excluding carboxylic acids is 1. The topological polar surface area (TPSA) is 55.2 Å². The van der Waals surface area contributed by atoms with Gasteiger partial charge in [-0.15, -0.1) is 0 Å². The summed E-state index contributed by atoms with van der Waals surface area (Å²) in [5, 5.41) is 0. The van der Waals surface area contributed by atoms with Crippen LogP contribution in [0.15, 0.2) is 34.0 Å². The van der Waals surface area contributed by atoms with Crippen molar-refractivity contribution in [2.45, 2.75) is 0 Å². The predicted molar refractivity (Wildman–Crippen MR) is 55.0 cm³/mol. The SMILES string of the molecule is O=C=Nc1ccc2nccnc2c1Br. The number of halogens is 1. The van der Waals surface area contributed by atoms with Crippen molar-refractivity contribution >= 4 is 38.7 Å². The van der Waals surface area contributed by atoms with Gasteiger partial charge in [-0.3, -0.25) is 9.97 Å². The van der Waals surface area contributed by atoms with Crippen LogP contribution in [0.2, 0.25) is 0 Å². The second-order valence-electron chi connectivity index (χ2n) is 2.53. The number of rotatable bonds is 1. The minimum atomic E-state index is 0.507. The summed E-state index contributed by atoms with van der Waals surface area (Å²) in [6, 6.07) is 3.44. The molecule has 1 aromatic carbocycles. The fourth-order valence-corrected chi connectivity index (χ4v) is 1.65. The van der Waals surface area contributed by atoms with Gasteiger partial charge in [0.1, 0.15) is 5.52 Å². The van der Waals surface area contributed by atoms with Crippen molar-refractivity contribution in [2.75, 3.05) is 0 Å². The lowest BCUT2D eigenvalue weighted by Crippen LogP contribution is -1.83. The summed E-state index contributed by atoms with van der Waals surface area (Å²) in [6.45, 7) is 0. The number of isocyanates is 1. The van der Waals surface area contributed by atoms with Crippen LogP contribution in [0, 0.1) is 0 Å². The molecule has 2 rings (SSSR count). The van der Waals surface area contributed by atoms with E-state index in [9.17, 15) is 4.79 Å². The lowest BCUT2D eigenvalue weighted by atomic mass is 10.2. The van der Waals surface area contributed by atoms with Crippen LogP contribution in [-0.2, 0) is 4.79 Å². The highest BCUT2D eigenvalue weighted by molar-refractivity contribution is 9.10. The molecule has 0 spiro atoms. The average molecular weight is 250 g/mol. The summed E-state index contributed by atoms with van der Waals surface area (Å²) in [7, 11) is 0. The third kappa shape index (κ3) is 1.43. The highest BCUT2D eigenvalue weighted by Crippen LogP contribution is 2.30. The summed E-state index contributed by atoms with van der Waals surface area (Å²) in [4.78, 5) is 21.9. The molecule has 1 heterocycles. The van der Waals surface area contributed by atoms with Crippen LogP contribution in [0.4, 0.5) is 5.69 Å². The van der Waals surface area contributed by atoms with Crippen molar-refractivity contribution in [3.05, 3.63) is 29.0 Å². The first-order chi connectivity index (χ1) is 6.83. The van der Waals surface area contributed by atoms with Gasteiger partial charge in [0.15, 0.2) is 0 Å². The largest absolute Gasteiger partial charge is 0.253 e. The number of nitrogens with zero attached hydrogens (tertiary/aromatic N) is 3. The van der Waals surface area contributed by atoms with Crippen molar-refractivity contribution in [3.8, 4) is 0 Å². The first kappa shape index (κ1) is 8.99. The van der Waals surface area contributed by atoms with Gasteiger partial charge in [0, 0.05) is 12.4 Å². The molecule has 0 radical (unpaired) electrons. The number of hydrogen-bond acceptors (Lipinski definition) is 4. The summed E-state index contributed by atoms with van der Waals surface area (Å²) in [5.41, 5.74) is 1.95. The maximum atomic E-state index is 10.1. The smallest absolute Gasteiger partial charge is 0.240 e. The van der Waals surface area contributed by atoms with Crippen LogP contribution < -0.4 is 0 Å². The molecule has 0 N–H and O–H groups in total. The molecule has 0 aliphatic carbocycles. The van der Waals surface area contributed by atoms with Gasteiger partial charge in [-0.05, 0) is 28.1 Å². The summed E-state index contributed by atoms with van der Waals surface area (Å²) < 4.78 is 0.659. The van der Waals surface area contributed by atoms with Crippen LogP contribution in [0.3, 0.4) is 0 Å². The van der Waals surface area contributed by atoms with Crippen molar-refractivity contribution in [3.63, 3.8) is 0 Å². The molecule has 0 bridgehead atoms. The van der Waals surface area contributed by atoms with Gasteiger partial charge in [-0.1, -0.05) is 0 Å². The number of benzene rings is 1. The third-order valence-corrected chi connectivity index (χ3v) is 2.51. The summed E-state index contributed by atoms with van der Waals surface area (Å²) >= 11 is 3.31. The van der Waals surface area contributed by atoms with Gasteiger partial charge in [0.05, 0.1) is 15.7 Å². The number of aliphatic imine (C=N–C) groups is 1. The highest BCUT2D eigenvalue weighted by Gasteiger charge is 2.05. The molecule has 0 aliphatic rings. The monoisotopic (exact) mass is 249 g/mol. The van der Waals surface area contributed by atoms with Crippen molar-refractivity contribution in [2.24, 2.45) is 4.99 Å². The number of hydrogen-bond donors (Lipinski definition) is 0. The maximum Gasteiger partial charge on any atom is 0.240 e. The summed E-state index contributed by atoms with van der Waals surface area (Å²) in [5.74, 6) is 0. The van der Waals surface area contributed by atoms with Gasteiger partial charge in [0.2, 0.25) is 6.08 Å². The van der Waals surface area contributed by atoms with E-state index in [0.29, 0.717) is 15.7 Å². The van der Waals surface area contributed by atoms with E-state index >= 15 is 0 Å². The first-order valence-electron chi connectivity index (χ1n) is 3.80. The molecule has 68 valence electrons.